The number of carbonyl (C=O) groups is 1. The van der Waals surface area contributed by atoms with Gasteiger partial charge in [0.25, 0.3) is 0 Å². The quantitative estimate of drug-likeness (QED) is 0.539. The van der Waals surface area contributed by atoms with E-state index in [0.29, 0.717) is 12.3 Å². The van der Waals surface area contributed by atoms with E-state index in [1.165, 1.54) is 0 Å². The van der Waals surface area contributed by atoms with Crippen LogP contribution >= 0.6 is 11.8 Å². The number of thioether (sulfide) groups is 1. The zero-order chi connectivity index (χ0) is 12.0. The fraction of sp³-hybridized carbons (Fsp3) is 0.800. The molecular formula is C10H18N4OS. The summed E-state index contributed by atoms with van der Waals surface area (Å²) in [6.07, 6.45) is 1.52. The molecule has 1 aromatic heterocycles. The van der Waals surface area contributed by atoms with Crippen LogP contribution < -0.4 is 0 Å². The molecule has 1 heterocycles. The molecule has 5 nitrogen and oxygen atoms in total. The molecule has 0 aliphatic heterocycles. The van der Waals surface area contributed by atoms with Gasteiger partial charge in [-0.1, -0.05) is 25.6 Å². The average Bonchev–Trinajstić information content (AvgIpc) is 2.59. The predicted octanol–water partition coefficient (Wildman–Crippen LogP) is 1.79. The summed E-state index contributed by atoms with van der Waals surface area (Å²) in [5, 5.41) is 12.4. The van der Waals surface area contributed by atoms with Crippen LogP contribution in [0.25, 0.3) is 0 Å². The molecule has 0 unspecified atom stereocenters. The second-order valence-corrected chi connectivity index (χ2v) is 5.25. The summed E-state index contributed by atoms with van der Waals surface area (Å²) >= 11 is 1.61. The van der Waals surface area contributed by atoms with Crippen LogP contribution in [0.1, 0.15) is 33.6 Å². The molecule has 0 radical (unpaired) electrons. The first-order valence-electron chi connectivity index (χ1n) is 5.48. The van der Waals surface area contributed by atoms with Gasteiger partial charge in [-0.15, -0.1) is 5.10 Å². The van der Waals surface area contributed by atoms with Gasteiger partial charge in [-0.3, -0.25) is 0 Å². The van der Waals surface area contributed by atoms with Crippen molar-refractivity contribution in [2.24, 2.45) is 5.92 Å². The molecule has 90 valence electrons. The van der Waals surface area contributed by atoms with Gasteiger partial charge < -0.3 is 4.79 Å². The minimum absolute atomic E-state index is 0.238. The fourth-order valence-electron chi connectivity index (χ4n) is 1.24. The molecule has 0 saturated heterocycles. The molecule has 1 aromatic rings. The van der Waals surface area contributed by atoms with E-state index in [9.17, 15) is 4.79 Å². The lowest BCUT2D eigenvalue weighted by atomic mass is 10.2. The molecule has 0 N–H and O–H groups in total. The van der Waals surface area contributed by atoms with Crippen LogP contribution in [0, 0.1) is 5.92 Å². The summed E-state index contributed by atoms with van der Waals surface area (Å²) < 4.78 is 1.82. The van der Waals surface area contributed by atoms with E-state index in [0.717, 1.165) is 23.9 Å². The van der Waals surface area contributed by atoms with Crippen LogP contribution in [0.15, 0.2) is 5.16 Å². The maximum atomic E-state index is 10.8. The van der Waals surface area contributed by atoms with Crippen LogP contribution in [-0.2, 0) is 11.3 Å². The van der Waals surface area contributed by atoms with Crippen LogP contribution in [0.3, 0.4) is 0 Å². The molecule has 0 atom stereocenters. The topological polar surface area (TPSA) is 60.7 Å². The number of aromatic nitrogens is 4. The van der Waals surface area contributed by atoms with Gasteiger partial charge in [-0.2, -0.15) is 0 Å². The Hall–Kier alpha value is -0.910. The van der Waals surface area contributed by atoms with Crippen molar-refractivity contribution in [3.05, 3.63) is 0 Å². The summed E-state index contributed by atoms with van der Waals surface area (Å²) in [4.78, 5) is 10.8. The second kappa shape index (κ2) is 6.62. The lowest BCUT2D eigenvalue weighted by Gasteiger charge is -2.06. The smallest absolute Gasteiger partial charge is 0.209 e. The summed E-state index contributed by atoms with van der Waals surface area (Å²) in [6, 6.07) is 0. The van der Waals surface area contributed by atoms with Crippen LogP contribution in [0.4, 0.5) is 0 Å². The molecule has 6 heteroatoms. The van der Waals surface area contributed by atoms with Gasteiger partial charge in [-0.25, -0.2) is 4.68 Å². The third-order valence-corrected chi connectivity index (χ3v) is 2.98. The van der Waals surface area contributed by atoms with Gasteiger partial charge in [0.2, 0.25) is 5.16 Å². The lowest BCUT2D eigenvalue weighted by molar-refractivity contribution is -0.117. The normalized spacial score (nSPS) is 11.0. The van der Waals surface area contributed by atoms with Crippen molar-refractivity contribution < 1.29 is 4.79 Å². The molecule has 0 aliphatic carbocycles. The van der Waals surface area contributed by atoms with E-state index < -0.39 is 0 Å². The molecule has 0 aromatic carbocycles. The fourth-order valence-corrected chi connectivity index (χ4v) is 2.07. The number of hydrogen-bond acceptors (Lipinski definition) is 5. The summed E-state index contributed by atoms with van der Waals surface area (Å²) in [5.74, 6) is 1.65. The Morgan fingerprint density at radius 2 is 2.25 bits per heavy atom. The SMILES string of the molecule is CC(=O)CCCSc1nnnn1CC(C)C. The second-order valence-electron chi connectivity index (χ2n) is 4.19. The first-order chi connectivity index (χ1) is 7.59. The molecule has 0 bridgehead atoms. The Balaban J connectivity index is 2.35. The van der Waals surface area contributed by atoms with Gasteiger partial charge >= 0.3 is 0 Å². The number of hydrogen-bond donors (Lipinski definition) is 0. The lowest BCUT2D eigenvalue weighted by Crippen LogP contribution is -2.07. The van der Waals surface area contributed by atoms with Crippen molar-refractivity contribution in [2.75, 3.05) is 5.75 Å². The van der Waals surface area contributed by atoms with Crippen LogP contribution in [-0.4, -0.2) is 31.7 Å². The van der Waals surface area contributed by atoms with E-state index in [1.54, 1.807) is 18.7 Å². The van der Waals surface area contributed by atoms with E-state index in [4.69, 9.17) is 0 Å². The van der Waals surface area contributed by atoms with Crippen molar-refractivity contribution in [2.45, 2.75) is 45.3 Å². The van der Waals surface area contributed by atoms with E-state index in [-0.39, 0.29) is 5.78 Å². The van der Waals surface area contributed by atoms with Gasteiger partial charge in [-0.05, 0) is 29.7 Å². The Morgan fingerprint density at radius 3 is 2.88 bits per heavy atom. The highest BCUT2D eigenvalue weighted by Gasteiger charge is 2.07. The molecule has 0 saturated carbocycles. The Morgan fingerprint density at radius 1 is 1.50 bits per heavy atom. The number of carbonyl (C=O) groups excluding carboxylic acids is 1. The number of rotatable bonds is 7. The van der Waals surface area contributed by atoms with Crippen molar-refractivity contribution in [1.82, 2.24) is 20.2 Å². The third-order valence-electron chi connectivity index (χ3n) is 1.94. The average molecular weight is 242 g/mol. The van der Waals surface area contributed by atoms with Gasteiger partial charge in [0, 0.05) is 18.7 Å². The van der Waals surface area contributed by atoms with E-state index in [1.807, 2.05) is 4.68 Å². The van der Waals surface area contributed by atoms with Gasteiger partial charge in [0.1, 0.15) is 5.78 Å². The molecule has 0 fully saturated rings. The maximum absolute atomic E-state index is 10.8. The largest absolute Gasteiger partial charge is 0.300 e. The maximum Gasteiger partial charge on any atom is 0.209 e. The van der Waals surface area contributed by atoms with Crippen LogP contribution in [0.2, 0.25) is 0 Å². The molecular weight excluding hydrogens is 224 g/mol. The zero-order valence-electron chi connectivity index (χ0n) is 10.0. The third kappa shape index (κ3) is 4.74. The van der Waals surface area contributed by atoms with Crippen molar-refractivity contribution in [3.63, 3.8) is 0 Å². The predicted molar refractivity (Wildman–Crippen MR) is 63.3 cm³/mol. The van der Waals surface area contributed by atoms with Crippen molar-refractivity contribution in [1.29, 1.82) is 0 Å². The summed E-state index contributed by atoms with van der Waals surface area (Å²) in [5.41, 5.74) is 0. The number of ketones is 1. The first kappa shape index (κ1) is 13.2. The van der Waals surface area contributed by atoms with Crippen molar-refractivity contribution >= 4 is 17.5 Å². The molecule has 0 spiro atoms. The minimum Gasteiger partial charge on any atom is -0.300 e. The van der Waals surface area contributed by atoms with Gasteiger partial charge in [0.15, 0.2) is 0 Å². The van der Waals surface area contributed by atoms with Crippen LogP contribution in [0.5, 0.6) is 0 Å². The Bertz CT molecular complexity index is 337. The molecule has 0 aliphatic rings. The summed E-state index contributed by atoms with van der Waals surface area (Å²) in [6.45, 7) is 6.72. The standard InChI is InChI=1S/C10H18N4OS/c1-8(2)7-14-10(11-12-13-14)16-6-4-5-9(3)15/h8H,4-7H2,1-3H3. The highest BCUT2D eigenvalue weighted by molar-refractivity contribution is 7.99. The van der Waals surface area contributed by atoms with E-state index in [2.05, 4.69) is 29.4 Å². The first-order valence-corrected chi connectivity index (χ1v) is 6.46. The summed E-state index contributed by atoms with van der Waals surface area (Å²) in [7, 11) is 0. The van der Waals surface area contributed by atoms with E-state index >= 15 is 0 Å². The molecule has 1 rings (SSSR count). The number of tetrazole rings is 1. The monoisotopic (exact) mass is 242 g/mol. The van der Waals surface area contributed by atoms with Gasteiger partial charge in [0.05, 0.1) is 0 Å². The Kier molecular flexibility index (Phi) is 5.45. The van der Waals surface area contributed by atoms with Crippen molar-refractivity contribution in [3.8, 4) is 0 Å². The number of Topliss-reactive ketones (excluding diaryl/α,β-unsaturated/α-hetero) is 1. The highest BCUT2D eigenvalue weighted by atomic mass is 32.2. The molecule has 16 heavy (non-hydrogen) atoms. The number of nitrogens with zero attached hydrogens (tertiary/aromatic N) is 4. The molecule has 0 amide bonds. The minimum atomic E-state index is 0.238. The zero-order valence-corrected chi connectivity index (χ0v) is 10.8. The Labute approximate surface area is 100.0 Å². The highest BCUT2D eigenvalue weighted by Crippen LogP contribution is 2.16.